The van der Waals surface area contributed by atoms with E-state index in [1.54, 1.807) is 18.2 Å². The van der Waals surface area contributed by atoms with Crippen molar-refractivity contribution in [3.63, 3.8) is 0 Å². The third kappa shape index (κ3) is 3.58. The fourth-order valence-electron chi connectivity index (χ4n) is 1.79. The van der Waals surface area contributed by atoms with Gasteiger partial charge in [0, 0.05) is 0 Å². The number of furan rings is 1. The maximum atomic E-state index is 13.4. The van der Waals surface area contributed by atoms with E-state index in [1.807, 2.05) is 19.9 Å². The van der Waals surface area contributed by atoms with Crippen molar-refractivity contribution in [1.82, 2.24) is 5.32 Å². The zero-order valence-corrected chi connectivity index (χ0v) is 11.2. The first kappa shape index (κ1) is 13.6. The van der Waals surface area contributed by atoms with E-state index >= 15 is 0 Å². The average Bonchev–Trinajstić information content (AvgIpc) is 2.76. The van der Waals surface area contributed by atoms with Gasteiger partial charge in [0.1, 0.15) is 18.1 Å². The van der Waals surface area contributed by atoms with Crippen molar-refractivity contribution in [2.24, 2.45) is 0 Å². The molecule has 1 aromatic heterocycles. The highest BCUT2D eigenvalue weighted by molar-refractivity contribution is 5.24. The second-order valence-electron chi connectivity index (χ2n) is 4.32. The molecule has 0 aliphatic heterocycles. The Morgan fingerprint density at radius 2 is 2.11 bits per heavy atom. The zero-order chi connectivity index (χ0) is 13.7. The molecule has 0 saturated carbocycles. The van der Waals surface area contributed by atoms with Crippen LogP contribution in [0, 0.1) is 12.7 Å². The Morgan fingerprint density at radius 3 is 2.84 bits per heavy atom. The topological polar surface area (TPSA) is 34.4 Å². The highest BCUT2D eigenvalue weighted by Gasteiger charge is 2.09. The summed E-state index contributed by atoms with van der Waals surface area (Å²) < 4.78 is 24.5. The van der Waals surface area contributed by atoms with Crippen LogP contribution < -0.4 is 10.1 Å². The highest BCUT2D eigenvalue weighted by atomic mass is 19.1. The Bertz CT molecular complexity index is 537. The van der Waals surface area contributed by atoms with Crippen LogP contribution in [0.5, 0.6) is 5.75 Å². The van der Waals surface area contributed by atoms with E-state index in [9.17, 15) is 4.39 Å². The smallest absolute Gasteiger partial charge is 0.165 e. The van der Waals surface area contributed by atoms with E-state index < -0.39 is 0 Å². The van der Waals surface area contributed by atoms with Gasteiger partial charge < -0.3 is 14.5 Å². The van der Waals surface area contributed by atoms with E-state index in [1.165, 1.54) is 6.07 Å². The van der Waals surface area contributed by atoms with E-state index in [-0.39, 0.29) is 18.2 Å². The molecule has 0 amide bonds. The van der Waals surface area contributed by atoms with Crippen molar-refractivity contribution in [3.05, 3.63) is 53.2 Å². The molecule has 0 bridgehead atoms. The van der Waals surface area contributed by atoms with Crippen LogP contribution in [0.1, 0.15) is 24.0 Å². The number of halogens is 1. The molecule has 4 heteroatoms. The first-order valence-corrected chi connectivity index (χ1v) is 6.37. The Labute approximate surface area is 112 Å². The fourth-order valence-corrected chi connectivity index (χ4v) is 1.79. The first-order chi connectivity index (χ1) is 9.20. The molecule has 102 valence electrons. The van der Waals surface area contributed by atoms with Crippen LogP contribution in [0.4, 0.5) is 4.39 Å². The number of benzene rings is 1. The number of nitrogens with one attached hydrogen (secondary N) is 1. The molecule has 3 nitrogen and oxygen atoms in total. The molecular weight excluding hydrogens is 245 g/mol. The maximum Gasteiger partial charge on any atom is 0.165 e. The molecule has 0 aliphatic rings. The van der Waals surface area contributed by atoms with Crippen LogP contribution in [0.15, 0.2) is 34.7 Å². The number of ether oxygens (including phenoxy) is 1. The van der Waals surface area contributed by atoms with Crippen molar-refractivity contribution in [2.45, 2.75) is 27.0 Å². The molecule has 0 fully saturated rings. The monoisotopic (exact) mass is 263 g/mol. The van der Waals surface area contributed by atoms with Gasteiger partial charge in [0.2, 0.25) is 0 Å². The van der Waals surface area contributed by atoms with Crippen molar-refractivity contribution in [1.29, 1.82) is 0 Å². The number of hydrogen-bond donors (Lipinski definition) is 1. The zero-order valence-electron chi connectivity index (χ0n) is 11.2. The van der Waals surface area contributed by atoms with Gasteiger partial charge in [-0.2, -0.15) is 0 Å². The molecular formula is C15H18FNO2. The summed E-state index contributed by atoms with van der Waals surface area (Å²) in [5.74, 6) is 1.48. The number of hydrogen-bond acceptors (Lipinski definition) is 3. The maximum absolute atomic E-state index is 13.4. The standard InChI is InChI=1S/C15H18FNO2/c1-3-17-9-15-11(2)8-12(19-15)10-18-14-7-5-4-6-13(14)16/h4-8,17H,3,9-10H2,1-2H3. The van der Waals surface area contributed by atoms with Crippen LogP contribution >= 0.6 is 0 Å². The fraction of sp³-hybridized carbons (Fsp3) is 0.333. The second kappa shape index (κ2) is 6.38. The van der Waals surface area contributed by atoms with Crippen LogP contribution in [-0.2, 0) is 13.2 Å². The van der Waals surface area contributed by atoms with Crippen molar-refractivity contribution in [3.8, 4) is 5.75 Å². The molecule has 1 N–H and O–H groups in total. The Morgan fingerprint density at radius 1 is 1.32 bits per heavy atom. The second-order valence-corrected chi connectivity index (χ2v) is 4.32. The summed E-state index contributed by atoms with van der Waals surface area (Å²) in [5, 5.41) is 3.21. The average molecular weight is 263 g/mol. The quantitative estimate of drug-likeness (QED) is 0.867. The van der Waals surface area contributed by atoms with Crippen molar-refractivity contribution < 1.29 is 13.5 Å². The molecule has 2 rings (SSSR count). The van der Waals surface area contributed by atoms with Gasteiger partial charge in [-0.1, -0.05) is 19.1 Å². The molecule has 0 aliphatic carbocycles. The largest absolute Gasteiger partial charge is 0.483 e. The molecule has 1 aromatic carbocycles. The Hall–Kier alpha value is -1.81. The van der Waals surface area contributed by atoms with Crippen LogP contribution in [0.3, 0.4) is 0 Å². The highest BCUT2D eigenvalue weighted by Crippen LogP contribution is 2.19. The van der Waals surface area contributed by atoms with Gasteiger partial charge in [-0.25, -0.2) is 4.39 Å². The van der Waals surface area contributed by atoms with Crippen molar-refractivity contribution in [2.75, 3.05) is 6.54 Å². The van der Waals surface area contributed by atoms with E-state index in [4.69, 9.17) is 9.15 Å². The molecule has 1 heterocycles. The third-order valence-electron chi connectivity index (χ3n) is 2.81. The van der Waals surface area contributed by atoms with Gasteiger partial charge in [-0.05, 0) is 37.2 Å². The van der Waals surface area contributed by atoms with Gasteiger partial charge >= 0.3 is 0 Å². The Balaban J connectivity index is 1.98. The van der Waals surface area contributed by atoms with Crippen LogP contribution in [0.25, 0.3) is 0 Å². The van der Waals surface area contributed by atoms with E-state index in [2.05, 4.69) is 5.32 Å². The minimum atomic E-state index is -0.362. The first-order valence-electron chi connectivity index (χ1n) is 6.37. The third-order valence-corrected chi connectivity index (χ3v) is 2.81. The summed E-state index contributed by atoms with van der Waals surface area (Å²) in [6, 6.07) is 8.27. The van der Waals surface area contributed by atoms with Gasteiger partial charge in [0.25, 0.3) is 0 Å². The van der Waals surface area contributed by atoms with Gasteiger partial charge in [0.05, 0.1) is 6.54 Å². The molecule has 0 saturated heterocycles. The molecule has 0 unspecified atom stereocenters. The minimum Gasteiger partial charge on any atom is -0.483 e. The lowest BCUT2D eigenvalue weighted by molar-refractivity contribution is 0.254. The summed E-state index contributed by atoms with van der Waals surface area (Å²) in [7, 11) is 0. The van der Waals surface area contributed by atoms with Crippen LogP contribution in [-0.4, -0.2) is 6.54 Å². The number of aryl methyl sites for hydroxylation is 1. The lowest BCUT2D eigenvalue weighted by Crippen LogP contribution is -2.11. The summed E-state index contributed by atoms with van der Waals surface area (Å²) >= 11 is 0. The summed E-state index contributed by atoms with van der Waals surface area (Å²) in [5.41, 5.74) is 1.08. The summed E-state index contributed by atoms with van der Waals surface area (Å²) in [6.07, 6.45) is 0. The predicted octanol–water partition coefficient (Wildman–Crippen LogP) is 3.42. The minimum absolute atomic E-state index is 0.230. The molecule has 0 radical (unpaired) electrons. The van der Waals surface area contributed by atoms with E-state index in [0.717, 1.165) is 17.9 Å². The Kier molecular flexibility index (Phi) is 4.58. The molecule has 19 heavy (non-hydrogen) atoms. The number of para-hydroxylation sites is 1. The molecule has 0 spiro atoms. The van der Waals surface area contributed by atoms with Crippen LogP contribution in [0.2, 0.25) is 0 Å². The summed E-state index contributed by atoms with van der Waals surface area (Å²) in [4.78, 5) is 0. The van der Waals surface area contributed by atoms with E-state index in [0.29, 0.717) is 12.3 Å². The number of rotatable bonds is 6. The van der Waals surface area contributed by atoms with Gasteiger partial charge in [-0.3, -0.25) is 0 Å². The van der Waals surface area contributed by atoms with Crippen molar-refractivity contribution >= 4 is 0 Å². The predicted molar refractivity (Wildman–Crippen MR) is 71.6 cm³/mol. The van der Waals surface area contributed by atoms with Gasteiger partial charge in [0.15, 0.2) is 11.6 Å². The SMILES string of the molecule is CCNCc1oc(COc2ccccc2F)cc1C. The lowest BCUT2D eigenvalue weighted by Gasteiger charge is -2.04. The molecule has 2 aromatic rings. The summed E-state index contributed by atoms with van der Waals surface area (Å²) in [6.45, 7) is 5.85. The molecule has 0 atom stereocenters. The van der Waals surface area contributed by atoms with Gasteiger partial charge in [-0.15, -0.1) is 0 Å². The lowest BCUT2D eigenvalue weighted by atomic mass is 10.2. The normalized spacial score (nSPS) is 10.7.